The lowest BCUT2D eigenvalue weighted by atomic mass is 10.1. The van der Waals surface area contributed by atoms with Crippen LogP contribution in [0.3, 0.4) is 0 Å². The summed E-state index contributed by atoms with van der Waals surface area (Å²) in [6.45, 7) is 7.18. The van der Waals surface area contributed by atoms with E-state index in [4.69, 9.17) is 24.9 Å². The fourth-order valence-corrected chi connectivity index (χ4v) is 7.84. The van der Waals surface area contributed by atoms with Crippen LogP contribution in [0.5, 0.6) is 5.75 Å². The zero-order chi connectivity index (χ0) is 36.3. The highest BCUT2D eigenvalue weighted by atomic mass is 16.6. The molecule has 2 aliphatic carbocycles. The average molecular weight is 706 g/mol. The fraction of sp³-hybridized carbons (Fsp3) is 0.410. The number of pyridine rings is 1. The van der Waals surface area contributed by atoms with Crippen molar-refractivity contribution in [2.75, 3.05) is 19.0 Å². The van der Waals surface area contributed by atoms with Gasteiger partial charge in [-0.1, -0.05) is 24.3 Å². The first-order valence-electron chi connectivity index (χ1n) is 17.8. The minimum atomic E-state index is -0.819. The van der Waals surface area contributed by atoms with E-state index in [0.29, 0.717) is 41.7 Å². The quantitative estimate of drug-likeness (QED) is 0.175. The molecule has 3 N–H and O–H groups in total. The van der Waals surface area contributed by atoms with E-state index in [1.54, 1.807) is 51.1 Å². The Hall–Kier alpha value is -5.59. The number of nitrogens with one attached hydrogen (secondary N) is 1. The van der Waals surface area contributed by atoms with Gasteiger partial charge in [0, 0.05) is 41.7 Å². The third-order valence-electron chi connectivity index (χ3n) is 10.3. The smallest absolute Gasteiger partial charge is 0.413 e. The number of imidazole rings is 1. The van der Waals surface area contributed by atoms with Gasteiger partial charge in [-0.15, -0.1) is 0 Å². The van der Waals surface area contributed by atoms with Crippen molar-refractivity contribution in [3.05, 3.63) is 71.9 Å². The maximum Gasteiger partial charge on any atom is 0.413 e. The van der Waals surface area contributed by atoms with E-state index in [2.05, 4.69) is 43.7 Å². The zero-order valence-electron chi connectivity index (χ0n) is 29.8. The maximum atomic E-state index is 14.1. The largest absolute Gasteiger partial charge is 0.494 e. The molecule has 52 heavy (non-hydrogen) atoms. The maximum absolute atomic E-state index is 14.1. The van der Waals surface area contributed by atoms with Crippen molar-refractivity contribution < 1.29 is 28.6 Å². The molecule has 8 rings (SSSR count). The summed E-state index contributed by atoms with van der Waals surface area (Å²) in [5, 5.41) is 3.82. The molecule has 13 nitrogen and oxygen atoms in total. The molecule has 1 aliphatic heterocycles. The number of nitrogens with two attached hydrogens (primary N) is 1. The van der Waals surface area contributed by atoms with Gasteiger partial charge < -0.3 is 34.0 Å². The normalized spacial score (nSPS) is 19.7. The molecule has 2 bridgehead atoms. The van der Waals surface area contributed by atoms with Crippen molar-refractivity contribution in [3.63, 3.8) is 0 Å². The molecule has 1 saturated heterocycles. The molecule has 0 unspecified atom stereocenters. The first kappa shape index (κ1) is 33.5. The highest BCUT2D eigenvalue weighted by Gasteiger charge is 2.51. The van der Waals surface area contributed by atoms with E-state index in [1.165, 1.54) is 12.8 Å². The molecule has 3 aliphatic rings. The number of nitrogens with zero attached hydrogens (tertiary/aromatic N) is 5. The lowest BCUT2D eigenvalue weighted by Crippen LogP contribution is -2.40. The summed E-state index contributed by atoms with van der Waals surface area (Å²) in [6.07, 6.45) is 3.95. The topological polar surface area (TPSA) is 156 Å². The van der Waals surface area contributed by atoms with E-state index < -0.39 is 23.9 Å². The van der Waals surface area contributed by atoms with Crippen molar-refractivity contribution in [3.8, 4) is 17.3 Å². The van der Waals surface area contributed by atoms with E-state index in [1.807, 2.05) is 18.2 Å². The minimum absolute atomic E-state index is 0.0607. The van der Waals surface area contributed by atoms with Gasteiger partial charge in [-0.25, -0.2) is 19.6 Å². The Morgan fingerprint density at radius 3 is 2.52 bits per heavy atom. The van der Waals surface area contributed by atoms with Crippen LogP contribution < -0.4 is 15.8 Å². The molecule has 2 aromatic carbocycles. The van der Waals surface area contributed by atoms with E-state index in [-0.39, 0.29) is 17.9 Å². The molecule has 3 fully saturated rings. The fourth-order valence-electron chi connectivity index (χ4n) is 7.84. The highest BCUT2D eigenvalue weighted by Crippen LogP contribution is 2.42. The molecule has 0 spiro atoms. The van der Waals surface area contributed by atoms with Gasteiger partial charge in [-0.05, 0) is 88.3 Å². The van der Waals surface area contributed by atoms with Crippen molar-refractivity contribution >= 4 is 45.8 Å². The first-order valence-corrected chi connectivity index (χ1v) is 17.8. The second-order valence-corrected chi connectivity index (χ2v) is 15.2. The summed E-state index contributed by atoms with van der Waals surface area (Å²) >= 11 is 0. The van der Waals surface area contributed by atoms with Gasteiger partial charge in [-0.2, -0.15) is 0 Å². The molecule has 3 amide bonds. The number of carbonyl (C=O) groups is 3. The van der Waals surface area contributed by atoms with Crippen LogP contribution in [0.2, 0.25) is 0 Å². The number of methoxy groups -OCH3 is 1. The summed E-state index contributed by atoms with van der Waals surface area (Å²) in [6, 6.07) is 17.6. The van der Waals surface area contributed by atoms with Gasteiger partial charge in [0.15, 0.2) is 5.82 Å². The van der Waals surface area contributed by atoms with Crippen molar-refractivity contribution in [2.24, 2.45) is 17.6 Å². The summed E-state index contributed by atoms with van der Waals surface area (Å²) in [4.78, 5) is 49.7. The van der Waals surface area contributed by atoms with Crippen molar-refractivity contribution in [1.82, 2.24) is 24.0 Å². The van der Waals surface area contributed by atoms with Crippen LogP contribution in [-0.2, 0) is 22.6 Å². The molecular formula is C39H43N7O6. The van der Waals surface area contributed by atoms with Gasteiger partial charge in [0.25, 0.3) is 5.91 Å². The van der Waals surface area contributed by atoms with Crippen LogP contribution in [0.25, 0.3) is 33.5 Å². The second-order valence-electron chi connectivity index (χ2n) is 15.2. The number of fused-ring (bicyclic) bond motifs is 4. The molecule has 5 aromatic rings. The zero-order valence-corrected chi connectivity index (χ0v) is 29.8. The Balaban J connectivity index is 1.20. The number of amides is 3. The first-order chi connectivity index (χ1) is 25.0. The Morgan fingerprint density at radius 1 is 1.00 bits per heavy atom. The third-order valence-corrected chi connectivity index (χ3v) is 10.3. The molecule has 3 atom stereocenters. The molecule has 0 radical (unpaired) electrons. The molecule has 4 heterocycles. The molecule has 2 saturated carbocycles. The van der Waals surface area contributed by atoms with Crippen LogP contribution in [0.4, 0.5) is 15.4 Å². The van der Waals surface area contributed by atoms with Crippen molar-refractivity contribution in [2.45, 2.75) is 77.3 Å². The predicted molar refractivity (Wildman–Crippen MR) is 195 cm³/mol. The Morgan fingerprint density at radius 2 is 1.81 bits per heavy atom. The Bertz CT molecular complexity index is 2200. The number of anilines is 1. The van der Waals surface area contributed by atoms with Crippen LogP contribution in [-0.4, -0.2) is 73.5 Å². The molecular weight excluding hydrogens is 662 g/mol. The SMILES string of the molecule is COc1cc(C(=O)N2C[C@H]3CC[C@@H]2[C@@H]3OC(N)=O)cc2nc(-c3cc4ccccc4n3CC3CC3)n(Cc3ccc(NC(=O)OC(C)(C)C)nc3)c12. The van der Waals surface area contributed by atoms with Gasteiger partial charge >= 0.3 is 12.2 Å². The number of para-hydroxylation sites is 1. The standard InChI is InChI=1S/C39H43N7O6/c1-39(2,3)52-38(49)43-32-14-11-23(18-41-32)20-46-33-27(42-35(46)30-16-24-7-5-6-8-28(24)44(30)19-22-9-10-22)15-26(17-31(33)50-4)36(47)45-21-25-12-13-29(45)34(25)51-37(40)48/h5-8,11,14-18,22,25,29,34H,9-10,12-13,19-21H2,1-4H3,(H2,40,48)(H,41,43,49)/t25-,29-,34-/m1/s1. The Labute approximate surface area is 301 Å². The molecule has 270 valence electrons. The molecule has 13 heteroatoms. The number of aromatic nitrogens is 4. The Kier molecular flexibility index (Phi) is 8.31. The van der Waals surface area contributed by atoms with E-state index in [0.717, 1.165) is 52.9 Å². The number of hydrogen-bond acceptors (Lipinski definition) is 8. The number of hydrogen-bond donors (Lipinski definition) is 2. The minimum Gasteiger partial charge on any atom is -0.494 e. The lowest BCUT2D eigenvalue weighted by molar-refractivity contribution is 0.0598. The summed E-state index contributed by atoms with van der Waals surface area (Å²) in [5.74, 6) is 2.12. The lowest BCUT2D eigenvalue weighted by Gasteiger charge is -2.27. The van der Waals surface area contributed by atoms with Gasteiger partial charge in [0.2, 0.25) is 0 Å². The van der Waals surface area contributed by atoms with E-state index >= 15 is 0 Å². The van der Waals surface area contributed by atoms with Crippen LogP contribution in [0.15, 0.2) is 60.8 Å². The third kappa shape index (κ3) is 6.39. The average Bonchev–Trinajstić information content (AvgIpc) is 3.42. The monoisotopic (exact) mass is 705 g/mol. The van der Waals surface area contributed by atoms with Crippen molar-refractivity contribution in [1.29, 1.82) is 0 Å². The van der Waals surface area contributed by atoms with E-state index in [9.17, 15) is 14.4 Å². The number of likely N-dealkylation sites (tertiary alicyclic amines) is 1. The second kappa shape index (κ2) is 12.9. The number of benzene rings is 2. The summed E-state index contributed by atoms with van der Waals surface area (Å²) in [7, 11) is 1.59. The number of piperidine rings is 1. The summed E-state index contributed by atoms with van der Waals surface area (Å²) in [5.41, 5.74) is 9.52. The number of ether oxygens (including phenoxy) is 3. The van der Waals surface area contributed by atoms with Gasteiger partial charge in [0.1, 0.15) is 28.8 Å². The highest BCUT2D eigenvalue weighted by molar-refractivity contribution is 6.00. The van der Waals surface area contributed by atoms with Crippen LogP contribution in [0.1, 0.15) is 62.4 Å². The molecule has 3 aromatic heterocycles. The van der Waals surface area contributed by atoms with Gasteiger partial charge in [0.05, 0.1) is 30.9 Å². The predicted octanol–water partition coefficient (Wildman–Crippen LogP) is 6.57. The summed E-state index contributed by atoms with van der Waals surface area (Å²) < 4.78 is 21.3. The van der Waals surface area contributed by atoms with Crippen LogP contribution >= 0.6 is 0 Å². The number of rotatable bonds is 9. The van der Waals surface area contributed by atoms with Gasteiger partial charge in [-0.3, -0.25) is 10.1 Å². The van der Waals surface area contributed by atoms with Crippen LogP contribution in [0, 0.1) is 11.8 Å². The number of carbonyl (C=O) groups excluding carboxylic acids is 3. The number of primary amides is 1.